The second-order valence-corrected chi connectivity index (χ2v) is 6.75. The van der Waals surface area contributed by atoms with Crippen LogP contribution in [-0.2, 0) is 6.42 Å². The number of alkyl halides is 1. The number of methoxy groups -OCH3 is 1. The molecule has 0 aliphatic heterocycles. The van der Waals surface area contributed by atoms with Gasteiger partial charge in [0, 0.05) is 23.6 Å². The van der Waals surface area contributed by atoms with E-state index < -0.39 is 0 Å². The Morgan fingerprint density at radius 2 is 1.89 bits per heavy atom. The first kappa shape index (κ1) is 13.6. The highest BCUT2D eigenvalue weighted by Crippen LogP contribution is 2.70. The fourth-order valence-electron chi connectivity index (χ4n) is 3.07. The normalized spacial score (nSPS) is 22.6. The summed E-state index contributed by atoms with van der Waals surface area (Å²) in [6.07, 6.45) is 2.29. The van der Waals surface area contributed by atoms with E-state index in [1.807, 2.05) is 6.07 Å². The maximum atomic E-state index is 6.58. The Balaban J connectivity index is 2.06. The highest BCUT2D eigenvalue weighted by Gasteiger charge is 2.66. The smallest absolute Gasteiger partial charge is 0.216 e. The van der Waals surface area contributed by atoms with Gasteiger partial charge < -0.3 is 4.74 Å². The van der Waals surface area contributed by atoms with Crippen LogP contribution in [0.5, 0.6) is 5.88 Å². The Hall–Kier alpha value is -0.830. The maximum absolute atomic E-state index is 6.58. The van der Waals surface area contributed by atoms with Gasteiger partial charge in [-0.05, 0) is 16.7 Å². The number of aromatic nitrogens is 2. The molecule has 1 heterocycles. The van der Waals surface area contributed by atoms with E-state index in [4.69, 9.17) is 16.3 Å². The van der Waals surface area contributed by atoms with Crippen molar-refractivity contribution in [1.29, 1.82) is 0 Å². The van der Waals surface area contributed by atoms with Crippen molar-refractivity contribution in [2.75, 3.05) is 7.11 Å². The average Bonchev–Trinajstić information content (AvgIpc) is 2.69. The van der Waals surface area contributed by atoms with E-state index in [-0.39, 0.29) is 5.38 Å². The summed E-state index contributed by atoms with van der Waals surface area (Å²) in [6.45, 7) is 9.14. The van der Waals surface area contributed by atoms with Crippen LogP contribution in [0.25, 0.3) is 0 Å². The number of nitrogens with zero attached hydrogens (tertiary/aromatic N) is 2. The first-order valence-electron chi connectivity index (χ1n) is 6.29. The van der Waals surface area contributed by atoms with Crippen LogP contribution in [0.3, 0.4) is 0 Å². The minimum absolute atomic E-state index is 0.106. The predicted octanol–water partition coefficient (Wildman–Crippen LogP) is 3.32. The van der Waals surface area contributed by atoms with Gasteiger partial charge in [-0.1, -0.05) is 27.7 Å². The first-order valence-corrected chi connectivity index (χ1v) is 6.73. The maximum Gasteiger partial charge on any atom is 0.216 e. The number of rotatable bonds is 4. The van der Waals surface area contributed by atoms with Gasteiger partial charge in [0.05, 0.1) is 7.11 Å². The lowest BCUT2D eigenvalue weighted by atomic mass is 10.0. The van der Waals surface area contributed by atoms with Crippen LogP contribution < -0.4 is 4.74 Å². The van der Waals surface area contributed by atoms with Crippen molar-refractivity contribution >= 4 is 11.6 Å². The lowest BCUT2D eigenvalue weighted by molar-refractivity contribution is 0.395. The molecule has 1 atom stereocenters. The topological polar surface area (TPSA) is 35.0 Å². The van der Waals surface area contributed by atoms with Crippen molar-refractivity contribution in [3.63, 3.8) is 0 Å². The summed E-state index contributed by atoms with van der Waals surface area (Å²) in [5.41, 5.74) is 1.55. The number of hydrogen-bond donors (Lipinski definition) is 0. The predicted molar refractivity (Wildman–Crippen MR) is 73.0 cm³/mol. The van der Waals surface area contributed by atoms with Crippen LogP contribution in [0.1, 0.15) is 33.4 Å². The summed E-state index contributed by atoms with van der Waals surface area (Å²) >= 11 is 6.58. The highest BCUT2D eigenvalue weighted by atomic mass is 35.5. The number of hydrogen-bond acceptors (Lipinski definition) is 3. The van der Waals surface area contributed by atoms with Gasteiger partial charge in [0.25, 0.3) is 0 Å². The highest BCUT2D eigenvalue weighted by molar-refractivity contribution is 6.21. The molecule has 1 aliphatic carbocycles. The number of ether oxygens (including phenoxy) is 1. The summed E-state index contributed by atoms with van der Waals surface area (Å²) in [7, 11) is 1.61. The minimum atomic E-state index is 0.106. The lowest BCUT2D eigenvalue weighted by Gasteiger charge is -2.11. The van der Waals surface area contributed by atoms with E-state index in [0.717, 1.165) is 12.1 Å². The Bertz CT molecular complexity index is 431. The molecule has 0 radical (unpaired) electrons. The summed E-state index contributed by atoms with van der Waals surface area (Å²) in [6, 6.07) is 1.86. The third-order valence-corrected chi connectivity index (χ3v) is 5.21. The van der Waals surface area contributed by atoms with Crippen molar-refractivity contribution < 1.29 is 4.74 Å². The van der Waals surface area contributed by atoms with Crippen LogP contribution in [-0.4, -0.2) is 22.5 Å². The van der Waals surface area contributed by atoms with Gasteiger partial charge in [-0.3, -0.25) is 0 Å². The molecule has 0 amide bonds. The molecule has 4 heteroatoms. The fourth-order valence-corrected chi connectivity index (χ4v) is 3.86. The quantitative estimate of drug-likeness (QED) is 0.786. The molecule has 1 fully saturated rings. The van der Waals surface area contributed by atoms with Crippen LogP contribution in [0.4, 0.5) is 0 Å². The monoisotopic (exact) mass is 268 g/mol. The standard InChI is InChI=1S/C14H21ClN2O/c1-13(2)12(14(13,3)4)10(15)6-9-7-11(18-5)17-8-16-9/h7-8,10,12H,6H2,1-5H3. The molecular weight excluding hydrogens is 248 g/mol. The minimum Gasteiger partial charge on any atom is -0.481 e. The van der Waals surface area contributed by atoms with Gasteiger partial charge >= 0.3 is 0 Å². The third-order valence-electron chi connectivity index (χ3n) is 4.81. The van der Waals surface area contributed by atoms with Crippen molar-refractivity contribution in [1.82, 2.24) is 9.97 Å². The van der Waals surface area contributed by atoms with Crippen LogP contribution >= 0.6 is 11.6 Å². The SMILES string of the molecule is COc1cc(CC(Cl)C2C(C)(C)C2(C)C)ncn1. The second-order valence-electron chi connectivity index (χ2n) is 6.19. The van der Waals surface area contributed by atoms with Gasteiger partial charge in [0.15, 0.2) is 0 Å². The lowest BCUT2D eigenvalue weighted by Crippen LogP contribution is -2.12. The zero-order valence-corrected chi connectivity index (χ0v) is 12.5. The van der Waals surface area contributed by atoms with E-state index in [1.54, 1.807) is 7.11 Å². The molecule has 0 N–H and O–H groups in total. The largest absolute Gasteiger partial charge is 0.481 e. The summed E-state index contributed by atoms with van der Waals surface area (Å²) in [4.78, 5) is 8.26. The zero-order chi connectivity index (χ0) is 13.6. The average molecular weight is 269 g/mol. The molecule has 1 unspecified atom stereocenters. The Labute approximate surface area is 114 Å². The summed E-state index contributed by atoms with van der Waals surface area (Å²) in [5, 5.41) is 0.106. The van der Waals surface area contributed by atoms with E-state index in [2.05, 4.69) is 37.7 Å². The molecule has 1 aromatic heterocycles. The van der Waals surface area contributed by atoms with Crippen molar-refractivity contribution in [3.8, 4) is 5.88 Å². The van der Waals surface area contributed by atoms with E-state index in [0.29, 0.717) is 22.6 Å². The van der Waals surface area contributed by atoms with Gasteiger partial charge in [0.1, 0.15) is 6.33 Å². The number of halogens is 1. The van der Waals surface area contributed by atoms with Crippen LogP contribution in [0.15, 0.2) is 12.4 Å². The molecule has 0 aromatic carbocycles. The fraction of sp³-hybridized carbons (Fsp3) is 0.714. The van der Waals surface area contributed by atoms with Crippen molar-refractivity contribution in [3.05, 3.63) is 18.1 Å². The van der Waals surface area contributed by atoms with E-state index in [1.165, 1.54) is 6.33 Å². The van der Waals surface area contributed by atoms with Gasteiger partial charge in [-0.15, -0.1) is 11.6 Å². The molecule has 2 rings (SSSR count). The van der Waals surface area contributed by atoms with Gasteiger partial charge in [-0.2, -0.15) is 0 Å². The molecule has 1 aliphatic rings. The summed E-state index contributed by atoms with van der Waals surface area (Å²) < 4.78 is 5.10. The first-order chi connectivity index (χ1) is 8.30. The molecule has 0 spiro atoms. The second kappa shape index (κ2) is 4.37. The molecule has 100 valence electrons. The van der Waals surface area contributed by atoms with Crippen molar-refractivity contribution in [2.45, 2.75) is 39.5 Å². The van der Waals surface area contributed by atoms with Gasteiger partial charge in [0.2, 0.25) is 5.88 Å². The molecule has 18 heavy (non-hydrogen) atoms. The van der Waals surface area contributed by atoms with E-state index in [9.17, 15) is 0 Å². The molecule has 0 saturated heterocycles. The summed E-state index contributed by atoms with van der Waals surface area (Å²) in [5.74, 6) is 1.12. The van der Waals surface area contributed by atoms with Crippen LogP contribution in [0, 0.1) is 16.7 Å². The molecule has 3 nitrogen and oxygen atoms in total. The Kier molecular flexibility index (Phi) is 3.30. The van der Waals surface area contributed by atoms with Crippen molar-refractivity contribution in [2.24, 2.45) is 16.7 Å². The zero-order valence-electron chi connectivity index (χ0n) is 11.7. The Morgan fingerprint density at radius 1 is 1.28 bits per heavy atom. The van der Waals surface area contributed by atoms with Crippen LogP contribution in [0.2, 0.25) is 0 Å². The third kappa shape index (κ3) is 2.09. The Morgan fingerprint density at radius 3 is 2.39 bits per heavy atom. The molecule has 0 bridgehead atoms. The molecular formula is C14H21ClN2O. The van der Waals surface area contributed by atoms with E-state index >= 15 is 0 Å². The molecule has 1 saturated carbocycles. The molecule has 1 aromatic rings. The van der Waals surface area contributed by atoms with Gasteiger partial charge in [-0.25, -0.2) is 9.97 Å².